The molecule has 0 aliphatic carbocycles. The first-order valence-corrected chi connectivity index (χ1v) is 3.75. The minimum absolute atomic E-state index is 0.900. The van der Waals surface area contributed by atoms with Gasteiger partial charge in [-0.05, 0) is 23.8 Å². The van der Waals surface area contributed by atoms with E-state index in [1.165, 1.54) is 11.3 Å². The highest BCUT2D eigenvalue weighted by Crippen LogP contribution is 2.22. The molecule has 0 unspecified atom stereocenters. The summed E-state index contributed by atoms with van der Waals surface area (Å²) in [4.78, 5) is 2.19. The predicted octanol–water partition coefficient (Wildman–Crippen LogP) is 1.95. The van der Waals surface area contributed by atoms with Gasteiger partial charge < -0.3 is 4.90 Å². The van der Waals surface area contributed by atoms with Crippen LogP contribution in [0, 0.1) is 6.08 Å². The normalized spacial score (nSPS) is 14.8. The van der Waals surface area contributed by atoms with Crippen LogP contribution in [0.2, 0.25) is 0 Å². The fraction of sp³-hybridized carbons (Fsp3) is 0.200. The third-order valence-corrected chi connectivity index (χ3v) is 1.93. The molecule has 0 atom stereocenters. The lowest BCUT2D eigenvalue weighted by molar-refractivity contribution is 1.00. The molecule has 1 aromatic carbocycles. The van der Waals surface area contributed by atoms with Crippen molar-refractivity contribution in [2.75, 3.05) is 18.5 Å². The van der Waals surface area contributed by atoms with Crippen LogP contribution in [0.5, 0.6) is 0 Å². The number of fused-ring (bicyclic) bond motifs is 1. The lowest BCUT2D eigenvalue weighted by atomic mass is 10.1. The standard InChI is InChI=1S/C10H10N/c1-11-8-4-6-9-5-2-3-7-10(9)11/h2-3,5-7H,8H2,1H3. The van der Waals surface area contributed by atoms with Gasteiger partial charge in [-0.25, -0.2) is 0 Å². The minimum atomic E-state index is 0.900. The molecule has 1 heterocycles. The molecule has 1 radical (unpaired) electrons. The summed E-state index contributed by atoms with van der Waals surface area (Å²) in [5, 5.41) is 0. The Labute approximate surface area is 67.0 Å². The van der Waals surface area contributed by atoms with Crippen LogP contribution in [0.25, 0.3) is 6.08 Å². The number of hydrogen-bond donors (Lipinski definition) is 0. The largest absolute Gasteiger partial charge is 0.370 e. The van der Waals surface area contributed by atoms with Crippen molar-refractivity contribution in [1.29, 1.82) is 0 Å². The maximum atomic E-state index is 3.19. The van der Waals surface area contributed by atoms with Crippen LogP contribution in [0.1, 0.15) is 5.56 Å². The molecule has 55 valence electrons. The molecule has 11 heavy (non-hydrogen) atoms. The number of rotatable bonds is 0. The quantitative estimate of drug-likeness (QED) is 0.538. The topological polar surface area (TPSA) is 3.24 Å². The predicted molar refractivity (Wildman–Crippen MR) is 47.4 cm³/mol. The highest BCUT2D eigenvalue weighted by Gasteiger charge is 2.06. The Hall–Kier alpha value is -1.24. The Morgan fingerprint density at radius 1 is 1.36 bits per heavy atom. The van der Waals surface area contributed by atoms with Crippen LogP contribution in [0.4, 0.5) is 5.69 Å². The molecule has 0 amide bonds. The van der Waals surface area contributed by atoms with Gasteiger partial charge in [0.25, 0.3) is 0 Å². The molecule has 2 rings (SSSR count). The lowest BCUT2D eigenvalue weighted by Gasteiger charge is -2.22. The third-order valence-electron chi connectivity index (χ3n) is 1.93. The Morgan fingerprint density at radius 3 is 3.00 bits per heavy atom. The van der Waals surface area contributed by atoms with Gasteiger partial charge in [-0.15, -0.1) is 0 Å². The molecule has 1 aliphatic heterocycles. The van der Waals surface area contributed by atoms with E-state index in [0.717, 1.165) is 6.54 Å². The van der Waals surface area contributed by atoms with Crippen molar-refractivity contribution < 1.29 is 0 Å². The third kappa shape index (κ3) is 1.03. The zero-order valence-electron chi connectivity index (χ0n) is 6.54. The first-order valence-electron chi connectivity index (χ1n) is 3.75. The van der Waals surface area contributed by atoms with Gasteiger partial charge in [0.05, 0.1) is 0 Å². The molecule has 0 aromatic heterocycles. The first kappa shape index (κ1) is 6.47. The summed E-state index contributed by atoms with van der Waals surface area (Å²) >= 11 is 0. The van der Waals surface area contributed by atoms with Gasteiger partial charge in [-0.3, -0.25) is 0 Å². The maximum absolute atomic E-state index is 3.19. The van der Waals surface area contributed by atoms with Crippen molar-refractivity contribution in [3.05, 3.63) is 35.9 Å². The van der Waals surface area contributed by atoms with Gasteiger partial charge in [-0.2, -0.15) is 0 Å². The minimum Gasteiger partial charge on any atom is -0.370 e. The van der Waals surface area contributed by atoms with Crippen LogP contribution in [-0.2, 0) is 0 Å². The Morgan fingerprint density at radius 2 is 2.18 bits per heavy atom. The van der Waals surface area contributed by atoms with Crippen LogP contribution < -0.4 is 4.90 Å². The van der Waals surface area contributed by atoms with E-state index < -0.39 is 0 Å². The van der Waals surface area contributed by atoms with Gasteiger partial charge in [0.2, 0.25) is 0 Å². The fourth-order valence-corrected chi connectivity index (χ4v) is 1.33. The molecule has 1 heteroatoms. The molecule has 0 bridgehead atoms. The highest BCUT2D eigenvalue weighted by atomic mass is 15.1. The van der Waals surface area contributed by atoms with E-state index in [1.54, 1.807) is 0 Å². The monoisotopic (exact) mass is 144 g/mol. The number of benzene rings is 1. The SMILES string of the molecule is CN1C[C]=Cc2ccccc21. The van der Waals surface area contributed by atoms with Crippen LogP contribution in [0.15, 0.2) is 24.3 Å². The molecule has 0 saturated heterocycles. The summed E-state index contributed by atoms with van der Waals surface area (Å²) in [6.45, 7) is 0.900. The molecule has 0 fully saturated rings. The van der Waals surface area contributed by atoms with E-state index in [9.17, 15) is 0 Å². The molecule has 0 N–H and O–H groups in total. The van der Waals surface area contributed by atoms with Gasteiger partial charge in [0, 0.05) is 19.3 Å². The van der Waals surface area contributed by atoms with Gasteiger partial charge >= 0.3 is 0 Å². The molecule has 1 aliphatic rings. The van der Waals surface area contributed by atoms with E-state index >= 15 is 0 Å². The van der Waals surface area contributed by atoms with Crippen molar-refractivity contribution in [2.45, 2.75) is 0 Å². The highest BCUT2D eigenvalue weighted by molar-refractivity contribution is 5.69. The van der Waals surface area contributed by atoms with Gasteiger partial charge in [-0.1, -0.05) is 18.2 Å². The van der Waals surface area contributed by atoms with Crippen molar-refractivity contribution in [3.63, 3.8) is 0 Å². The van der Waals surface area contributed by atoms with Crippen LogP contribution in [0.3, 0.4) is 0 Å². The van der Waals surface area contributed by atoms with Crippen molar-refractivity contribution in [2.24, 2.45) is 0 Å². The Kier molecular flexibility index (Phi) is 1.42. The smallest absolute Gasteiger partial charge is 0.0440 e. The molecular formula is C10H10N. The van der Waals surface area contributed by atoms with E-state index in [4.69, 9.17) is 0 Å². The van der Waals surface area contributed by atoms with E-state index in [0.29, 0.717) is 0 Å². The van der Waals surface area contributed by atoms with Crippen LogP contribution in [-0.4, -0.2) is 13.6 Å². The second-order valence-corrected chi connectivity index (χ2v) is 2.76. The second kappa shape index (κ2) is 2.42. The lowest BCUT2D eigenvalue weighted by Crippen LogP contribution is -2.20. The molecule has 1 nitrogen and oxygen atoms in total. The number of anilines is 1. The number of hydrogen-bond acceptors (Lipinski definition) is 1. The molecule has 0 spiro atoms. The summed E-state index contributed by atoms with van der Waals surface area (Å²) in [5.41, 5.74) is 2.56. The number of para-hydroxylation sites is 1. The first-order chi connectivity index (χ1) is 5.38. The zero-order chi connectivity index (χ0) is 7.68. The maximum Gasteiger partial charge on any atom is 0.0440 e. The van der Waals surface area contributed by atoms with Crippen molar-refractivity contribution >= 4 is 11.8 Å². The van der Waals surface area contributed by atoms with Gasteiger partial charge in [0.1, 0.15) is 0 Å². The van der Waals surface area contributed by atoms with E-state index in [2.05, 4.69) is 48.4 Å². The molecule has 0 saturated carbocycles. The average molecular weight is 144 g/mol. The summed E-state index contributed by atoms with van der Waals surface area (Å²) in [7, 11) is 2.08. The summed E-state index contributed by atoms with van der Waals surface area (Å²) < 4.78 is 0. The van der Waals surface area contributed by atoms with Gasteiger partial charge in [0.15, 0.2) is 0 Å². The molecule has 1 aromatic rings. The zero-order valence-corrected chi connectivity index (χ0v) is 6.54. The summed E-state index contributed by atoms with van der Waals surface area (Å²) in [6.07, 6.45) is 5.24. The second-order valence-electron chi connectivity index (χ2n) is 2.76. The van der Waals surface area contributed by atoms with Crippen LogP contribution >= 0.6 is 0 Å². The van der Waals surface area contributed by atoms with Crippen molar-refractivity contribution in [1.82, 2.24) is 0 Å². The Bertz CT molecular complexity index is 289. The number of likely N-dealkylation sites (N-methyl/N-ethyl adjacent to an activating group) is 1. The van der Waals surface area contributed by atoms with E-state index in [-0.39, 0.29) is 0 Å². The fourth-order valence-electron chi connectivity index (χ4n) is 1.33. The van der Waals surface area contributed by atoms with E-state index in [1.807, 2.05) is 0 Å². The molecular weight excluding hydrogens is 134 g/mol. The number of nitrogens with zero attached hydrogens (tertiary/aromatic N) is 1. The Balaban J connectivity index is 2.54. The average Bonchev–Trinajstić information content (AvgIpc) is 2.06. The summed E-state index contributed by atoms with van der Waals surface area (Å²) in [6, 6.07) is 8.36. The summed E-state index contributed by atoms with van der Waals surface area (Å²) in [5.74, 6) is 0. The van der Waals surface area contributed by atoms with Crippen molar-refractivity contribution in [3.8, 4) is 0 Å².